The summed E-state index contributed by atoms with van der Waals surface area (Å²) in [5.74, 6) is 0. The third kappa shape index (κ3) is 3.43. The lowest BCUT2D eigenvalue weighted by atomic mass is 9.75. The zero-order chi connectivity index (χ0) is 16.9. The molecule has 8 heteroatoms. The molecule has 1 radical (unpaired) electrons. The predicted molar refractivity (Wildman–Crippen MR) is 90.9 cm³/mol. The molecule has 2 bridgehead atoms. The van der Waals surface area contributed by atoms with E-state index in [9.17, 15) is 9.59 Å². The molecule has 1 unspecified atom stereocenters. The van der Waals surface area contributed by atoms with Gasteiger partial charge >= 0.3 is 6.03 Å². The highest BCUT2D eigenvalue weighted by Crippen LogP contribution is 2.26. The zero-order valence-corrected chi connectivity index (χ0v) is 13.5. The van der Waals surface area contributed by atoms with E-state index in [4.69, 9.17) is 4.84 Å². The Bertz CT molecular complexity index is 658. The number of fused-ring (bicyclic) bond motifs is 2. The van der Waals surface area contributed by atoms with Crippen LogP contribution in [0, 0.1) is 0 Å². The molecule has 1 saturated heterocycles. The molecule has 0 aromatic carbocycles. The molecule has 3 heterocycles. The van der Waals surface area contributed by atoms with Crippen LogP contribution in [-0.2, 0) is 16.1 Å². The van der Waals surface area contributed by atoms with Gasteiger partial charge in [0.2, 0.25) is 0 Å². The number of nitrogens with zero attached hydrogens (tertiary/aromatic N) is 4. The minimum absolute atomic E-state index is 0.101. The van der Waals surface area contributed by atoms with Crippen molar-refractivity contribution in [3.63, 3.8) is 0 Å². The normalized spacial score (nSPS) is 19.4. The van der Waals surface area contributed by atoms with Gasteiger partial charge in [0.15, 0.2) is 7.28 Å². The van der Waals surface area contributed by atoms with E-state index in [-0.39, 0.29) is 12.1 Å². The fourth-order valence-electron chi connectivity index (χ4n) is 2.95. The maximum atomic E-state index is 12.3. The number of carbonyl (C=O) groups is 2. The van der Waals surface area contributed by atoms with Gasteiger partial charge in [0.05, 0.1) is 37.3 Å². The Hall–Kier alpha value is -2.35. The maximum Gasteiger partial charge on any atom is 0.345 e. The lowest BCUT2D eigenvalue weighted by molar-refractivity contribution is -0.107. The first-order valence-electron chi connectivity index (χ1n) is 8.06. The third-order valence-electron chi connectivity index (χ3n) is 4.10. The summed E-state index contributed by atoms with van der Waals surface area (Å²) >= 11 is 0. The first kappa shape index (κ1) is 16.5. The van der Waals surface area contributed by atoms with E-state index in [0.717, 1.165) is 36.6 Å². The lowest BCUT2D eigenvalue weighted by Gasteiger charge is -2.21. The van der Waals surface area contributed by atoms with Crippen LogP contribution >= 0.6 is 0 Å². The van der Waals surface area contributed by atoms with E-state index in [0.29, 0.717) is 19.7 Å². The molecule has 0 aliphatic carbocycles. The van der Waals surface area contributed by atoms with Gasteiger partial charge in [-0.1, -0.05) is 18.8 Å². The minimum Gasteiger partial charge on any atom is -0.316 e. The Morgan fingerprint density at radius 2 is 2.38 bits per heavy atom. The molecule has 7 nitrogen and oxygen atoms in total. The van der Waals surface area contributed by atoms with Gasteiger partial charge in [-0.15, -0.1) is 6.58 Å². The van der Waals surface area contributed by atoms with Crippen LogP contribution in [0.2, 0.25) is 6.32 Å². The van der Waals surface area contributed by atoms with Gasteiger partial charge in [-0.3, -0.25) is 4.84 Å². The van der Waals surface area contributed by atoms with E-state index in [1.807, 2.05) is 23.2 Å². The molecule has 1 aromatic heterocycles. The average molecular weight is 327 g/mol. The molecule has 1 atom stereocenters. The highest BCUT2D eigenvalue weighted by molar-refractivity contribution is 6.66. The van der Waals surface area contributed by atoms with Crippen molar-refractivity contribution in [3.05, 3.63) is 36.7 Å². The molecule has 1 aromatic rings. The van der Waals surface area contributed by atoms with Gasteiger partial charge < -0.3 is 9.69 Å². The van der Waals surface area contributed by atoms with Gasteiger partial charge in [-0.2, -0.15) is 10.2 Å². The van der Waals surface area contributed by atoms with Crippen molar-refractivity contribution in [1.82, 2.24) is 19.7 Å². The van der Waals surface area contributed by atoms with Crippen LogP contribution in [0.3, 0.4) is 0 Å². The number of aromatic nitrogens is 2. The van der Waals surface area contributed by atoms with Crippen molar-refractivity contribution in [2.24, 2.45) is 0 Å². The molecule has 2 aliphatic rings. The predicted octanol–water partition coefficient (Wildman–Crippen LogP) is 1.21. The summed E-state index contributed by atoms with van der Waals surface area (Å²) in [6.45, 7) is 5.07. The van der Waals surface area contributed by atoms with E-state index in [2.05, 4.69) is 11.7 Å². The van der Waals surface area contributed by atoms with Gasteiger partial charge in [-0.05, 0) is 18.1 Å². The number of hydrogen-bond donors (Lipinski definition) is 0. The number of aryl methyl sites for hydroxylation is 1. The molecule has 2 aliphatic heterocycles. The Balaban J connectivity index is 1.65. The first-order valence-corrected chi connectivity index (χ1v) is 8.06. The van der Waals surface area contributed by atoms with Gasteiger partial charge in [-0.25, -0.2) is 9.48 Å². The highest BCUT2D eigenvalue weighted by atomic mass is 16.7. The fourth-order valence-corrected chi connectivity index (χ4v) is 2.95. The number of rotatable bonds is 9. The Morgan fingerprint density at radius 3 is 3.17 bits per heavy atom. The molecular weight excluding hydrogens is 307 g/mol. The van der Waals surface area contributed by atoms with Gasteiger partial charge in [0, 0.05) is 12.7 Å². The van der Waals surface area contributed by atoms with Crippen LogP contribution in [0.1, 0.15) is 12.0 Å². The molecular formula is C16H20BN4O3. The summed E-state index contributed by atoms with van der Waals surface area (Å²) in [6.07, 6.45) is 10.9. The quantitative estimate of drug-likeness (QED) is 0.296. The highest BCUT2D eigenvalue weighted by Gasteiger charge is 2.41. The van der Waals surface area contributed by atoms with Gasteiger partial charge in [0.25, 0.3) is 0 Å². The molecule has 125 valence electrons. The number of hydrogen-bond acceptors (Lipinski definition) is 4. The second-order valence-corrected chi connectivity index (χ2v) is 5.86. The van der Waals surface area contributed by atoms with E-state index >= 15 is 0 Å². The van der Waals surface area contributed by atoms with E-state index < -0.39 is 0 Å². The molecule has 0 N–H and O–H groups in total. The largest absolute Gasteiger partial charge is 0.345 e. The van der Waals surface area contributed by atoms with Crippen LogP contribution < -0.4 is 0 Å². The number of urea groups is 1. The third-order valence-corrected chi connectivity index (χ3v) is 4.10. The van der Waals surface area contributed by atoms with Crippen LogP contribution in [0.25, 0.3) is 5.70 Å². The maximum absolute atomic E-state index is 12.3. The van der Waals surface area contributed by atoms with Crippen LogP contribution in [0.5, 0.6) is 0 Å². The lowest BCUT2D eigenvalue weighted by Crippen LogP contribution is -2.33. The molecule has 0 saturated carbocycles. The van der Waals surface area contributed by atoms with E-state index in [1.54, 1.807) is 18.3 Å². The first-order chi connectivity index (χ1) is 11.7. The Kier molecular flexibility index (Phi) is 5.15. The molecule has 3 rings (SSSR count). The number of hydroxylamine groups is 2. The smallest absolute Gasteiger partial charge is 0.316 e. The van der Waals surface area contributed by atoms with E-state index in [1.165, 1.54) is 5.06 Å². The van der Waals surface area contributed by atoms with Gasteiger partial charge in [0.1, 0.15) is 0 Å². The van der Waals surface area contributed by atoms with Crippen molar-refractivity contribution in [2.45, 2.75) is 25.2 Å². The Labute approximate surface area is 141 Å². The minimum atomic E-state index is -0.120. The monoisotopic (exact) mass is 327 g/mol. The molecule has 24 heavy (non-hydrogen) atoms. The van der Waals surface area contributed by atoms with Crippen molar-refractivity contribution in [3.8, 4) is 0 Å². The van der Waals surface area contributed by atoms with Crippen molar-refractivity contribution in [1.29, 1.82) is 0 Å². The van der Waals surface area contributed by atoms with Crippen molar-refractivity contribution in [2.75, 3.05) is 19.7 Å². The summed E-state index contributed by atoms with van der Waals surface area (Å²) in [5.41, 5.74) is 2.09. The second kappa shape index (κ2) is 7.48. The molecule has 2 amide bonds. The fraction of sp³-hybridized carbons (Fsp3) is 0.438. The summed E-state index contributed by atoms with van der Waals surface area (Å²) in [5, 5.41) is 5.81. The topological polar surface area (TPSA) is 67.7 Å². The molecule has 0 spiro atoms. The van der Waals surface area contributed by atoms with Crippen molar-refractivity contribution < 1.29 is 14.4 Å². The second-order valence-electron chi connectivity index (χ2n) is 5.86. The molecule has 1 fully saturated rings. The number of amides is 2. The summed E-state index contributed by atoms with van der Waals surface area (Å²) < 4.78 is 1.82. The average Bonchev–Trinajstić information content (AvgIpc) is 3.14. The summed E-state index contributed by atoms with van der Waals surface area (Å²) in [4.78, 5) is 29.8. The van der Waals surface area contributed by atoms with Crippen LogP contribution in [0.4, 0.5) is 4.79 Å². The zero-order valence-electron chi connectivity index (χ0n) is 13.5. The number of carbonyl (C=O) groups excluding carboxylic acids is 2. The van der Waals surface area contributed by atoms with Crippen LogP contribution in [-0.4, -0.2) is 65.0 Å². The standard InChI is InChI=1S/C16H20BN4O3/c1-2-6-24-21-15-7-14(10-19(11-15)16(21)23)20-9-13(8-18-20)4-3-5-17-12-22/h2,7-9,12,15H,1,3-6,10-11H2. The SMILES string of the molecule is C=CCON1C(=O)N2CC(n3cc(CCC[B]C=O)cn3)=CC1C2. The summed E-state index contributed by atoms with van der Waals surface area (Å²) in [7, 11) is 1.63. The summed E-state index contributed by atoms with van der Waals surface area (Å²) in [6, 6.07) is -0.221. The van der Waals surface area contributed by atoms with Crippen molar-refractivity contribution >= 4 is 25.2 Å². The van der Waals surface area contributed by atoms with Crippen LogP contribution in [0.15, 0.2) is 31.1 Å². The Morgan fingerprint density at radius 1 is 1.50 bits per heavy atom.